The van der Waals surface area contributed by atoms with Crippen LogP contribution in [0.2, 0.25) is 5.02 Å². The first kappa shape index (κ1) is 25.0. The highest BCUT2D eigenvalue weighted by Gasteiger charge is 2.54. The molecule has 3 aromatic rings. The molecule has 8 nitrogen and oxygen atoms in total. The van der Waals surface area contributed by atoms with Crippen LogP contribution in [0.5, 0.6) is 0 Å². The molecule has 1 aromatic heterocycles. The molecule has 0 saturated carbocycles. The number of ether oxygens (including phenoxy) is 1. The Hall–Kier alpha value is -3.69. The van der Waals surface area contributed by atoms with Gasteiger partial charge in [0.15, 0.2) is 0 Å². The van der Waals surface area contributed by atoms with Crippen LogP contribution in [-0.4, -0.2) is 59.0 Å². The van der Waals surface area contributed by atoms with E-state index in [2.05, 4.69) is 5.32 Å². The van der Waals surface area contributed by atoms with Gasteiger partial charge in [0.1, 0.15) is 23.3 Å². The number of hydrogen-bond acceptors (Lipinski definition) is 5. The number of hydrogen-bond donors (Lipinski definition) is 1. The summed E-state index contributed by atoms with van der Waals surface area (Å²) >= 11 is 5.94. The van der Waals surface area contributed by atoms with Crippen molar-refractivity contribution in [2.75, 3.05) is 19.7 Å². The van der Waals surface area contributed by atoms with Crippen molar-refractivity contribution >= 4 is 29.3 Å². The van der Waals surface area contributed by atoms with Gasteiger partial charge in [0.2, 0.25) is 5.91 Å². The average molecular weight is 526 g/mol. The van der Waals surface area contributed by atoms with E-state index < -0.39 is 29.4 Å². The fourth-order valence-electron chi connectivity index (χ4n) is 4.87. The van der Waals surface area contributed by atoms with Gasteiger partial charge in [0, 0.05) is 42.1 Å². The lowest BCUT2D eigenvalue weighted by molar-refractivity contribution is -0.128. The Morgan fingerprint density at radius 2 is 1.76 bits per heavy atom. The Balaban J connectivity index is 1.36. The molecule has 1 atom stereocenters. The standard InChI is InChI=1S/C27H25ClFN3O5/c28-20-8-6-18(7-9-20)25(34)31-12-10-27(11-13-31)32(26(35)19-3-1-4-21(29)15-19)23(17-37-27)24(33)30-16-22-5-2-14-36-22/h1-9,14-15,23H,10-13,16-17H2,(H,30,33)/t23-/m0/s1. The van der Waals surface area contributed by atoms with Gasteiger partial charge in [-0.3, -0.25) is 19.3 Å². The third-order valence-corrected chi connectivity index (χ3v) is 7.05. The van der Waals surface area contributed by atoms with Crippen LogP contribution in [0.15, 0.2) is 71.3 Å². The quantitative estimate of drug-likeness (QED) is 0.546. The highest BCUT2D eigenvalue weighted by molar-refractivity contribution is 6.30. The van der Waals surface area contributed by atoms with Crippen molar-refractivity contribution in [2.24, 2.45) is 0 Å². The molecule has 2 aromatic carbocycles. The van der Waals surface area contributed by atoms with Gasteiger partial charge >= 0.3 is 0 Å². The lowest BCUT2D eigenvalue weighted by Gasteiger charge is -2.44. The summed E-state index contributed by atoms with van der Waals surface area (Å²) in [7, 11) is 0. The van der Waals surface area contributed by atoms with Gasteiger partial charge in [-0.15, -0.1) is 0 Å². The zero-order valence-electron chi connectivity index (χ0n) is 19.9. The molecule has 2 aliphatic rings. The molecule has 5 rings (SSSR count). The zero-order chi connectivity index (χ0) is 26.0. The van der Waals surface area contributed by atoms with Crippen LogP contribution in [0.4, 0.5) is 4.39 Å². The molecule has 3 amide bonds. The van der Waals surface area contributed by atoms with Crippen molar-refractivity contribution in [1.29, 1.82) is 0 Å². The Bertz CT molecular complexity index is 1290. The maximum absolute atomic E-state index is 14.0. The second kappa shape index (κ2) is 10.4. The van der Waals surface area contributed by atoms with Crippen molar-refractivity contribution < 1.29 is 27.9 Å². The van der Waals surface area contributed by atoms with Gasteiger partial charge < -0.3 is 19.4 Å². The van der Waals surface area contributed by atoms with Gasteiger partial charge in [-0.1, -0.05) is 17.7 Å². The van der Waals surface area contributed by atoms with Gasteiger partial charge in [-0.05, 0) is 54.6 Å². The van der Waals surface area contributed by atoms with Crippen molar-refractivity contribution in [3.8, 4) is 0 Å². The Morgan fingerprint density at radius 3 is 2.43 bits per heavy atom. The predicted molar refractivity (Wildman–Crippen MR) is 132 cm³/mol. The monoisotopic (exact) mass is 525 g/mol. The minimum Gasteiger partial charge on any atom is -0.467 e. The van der Waals surface area contributed by atoms with Crippen molar-refractivity contribution in [2.45, 2.75) is 31.2 Å². The summed E-state index contributed by atoms with van der Waals surface area (Å²) in [6, 6.07) is 14.5. The van der Waals surface area contributed by atoms with Crippen molar-refractivity contribution in [1.82, 2.24) is 15.1 Å². The van der Waals surface area contributed by atoms with E-state index >= 15 is 0 Å². The number of likely N-dealkylation sites (tertiary alicyclic amines) is 1. The van der Waals surface area contributed by atoms with E-state index in [1.807, 2.05) is 0 Å². The molecule has 0 unspecified atom stereocenters. The minimum absolute atomic E-state index is 0.0177. The number of benzene rings is 2. The Labute approximate surface area is 217 Å². The molecule has 2 saturated heterocycles. The molecule has 1 N–H and O–H groups in total. The first-order chi connectivity index (χ1) is 17.9. The average Bonchev–Trinajstić information content (AvgIpc) is 3.56. The molecule has 1 spiro atoms. The number of carbonyl (C=O) groups is 3. The van der Waals surface area contributed by atoms with Crippen LogP contribution in [0.3, 0.4) is 0 Å². The largest absolute Gasteiger partial charge is 0.467 e. The molecule has 37 heavy (non-hydrogen) atoms. The summed E-state index contributed by atoms with van der Waals surface area (Å²) in [6.07, 6.45) is 2.11. The molecule has 10 heteroatoms. The zero-order valence-corrected chi connectivity index (χ0v) is 20.6. The van der Waals surface area contributed by atoms with Crippen LogP contribution in [0.25, 0.3) is 0 Å². The number of halogens is 2. The van der Waals surface area contributed by atoms with E-state index in [4.69, 9.17) is 20.8 Å². The first-order valence-corrected chi connectivity index (χ1v) is 12.3. The van der Waals surface area contributed by atoms with E-state index in [9.17, 15) is 18.8 Å². The molecule has 0 radical (unpaired) electrons. The second-order valence-corrected chi connectivity index (χ2v) is 9.49. The molecule has 2 fully saturated rings. The predicted octanol–water partition coefficient (Wildman–Crippen LogP) is 3.86. The van der Waals surface area contributed by atoms with Gasteiger partial charge in [0.05, 0.1) is 19.4 Å². The normalized spacial score (nSPS) is 18.7. The third-order valence-electron chi connectivity index (χ3n) is 6.79. The smallest absolute Gasteiger partial charge is 0.256 e. The van der Waals surface area contributed by atoms with Gasteiger partial charge in [0.25, 0.3) is 11.8 Å². The van der Waals surface area contributed by atoms with E-state index in [-0.39, 0.29) is 24.6 Å². The number of amides is 3. The number of rotatable bonds is 5. The summed E-state index contributed by atoms with van der Waals surface area (Å²) in [5.74, 6) is -1.05. The lowest BCUT2D eigenvalue weighted by Crippen LogP contribution is -2.59. The van der Waals surface area contributed by atoms with E-state index in [0.29, 0.717) is 42.3 Å². The molecule has 0 bridgehead atoms. The van der Waals surface area contributed by atoms with Gasteiger partial charge in [-0.2, -0.15) is 0 Å². The fourth-order valence-corrected chi connectivity index (χ4v) is 4.99. The van der Waals surface area contributed by atoms with E-state index in [1.165, 1.54) is 29.4 Å². The van der Waals surface area contributed by atoms with Crippen LogP contribution < -0.4 is 5.32 Å². The topological polar surface area (TPSA) is 92.1 Å². The van der Waals surface area contributed by atoms with E-state index in [0.717, 1.165) is 6.07 Å². The molecular formula is C27H25ClFN3O5. The second-order valence-electron chi connectivity index (χ2n) is 9.05. The summed E-state index contributed by atoms with van der Waals surface area (Å²) in [4.78, 5) is 43.0. The number of carbonyl (C=O) groups excluding carboxylic acids is 3. The molecule has 2 aliphatic heterocycles. The number of furan rings is 1. The summed E-state index contributed by atoms with van der Waals surface area (Å²) < 4.78 is 25.4. The van der Waals surface area contributed by atoms with Crippen LogP contribution in [-0.2, 0) is 16.1 Å². The highest BCUT2D eigenvalue weighted by Crippen LogP contribution is 2.39. The van der Waals surface area contributed by atoms with Crippen LogP contribution >= 0.6 is 11.6 Å². The maximum Gasteiger partial charge on any atom is 0.256 e. The Kier molecular flexibility index (Phi) is 6.99. The highest BCUT2D eigenvalue weighted by atomic mass is 35.5. The van der Waals surface area contributed by atoms with E-state index in [1.54, 1.807) is 41.3 Å². The summed E-state index contributed by atoms with van der Waals surface area (Å²) in [5, 5.41) is 3.33. The first-order valence-electron chi connectivity index (χ1n) is 11.9. The maximum atomic E-state index is 14.0. The molecule has 192 valence electrons. The van der Waals surface area contributed by atoms with Crippen LogP contribution in [0, 0.1) is 5.82 Å². The molecule has 0 aliphatic carbocycles. The van der Waals surface area contributed by atoms with Crippen LogP contribution in [0.1, 0.15) is 39.3 Å². The SMILES string of the molecule is O=C(NCc1ccco1)[C@@H]1COC2(CCN(C(=O)c3ccc(Cl)cc3)CC2)N1C(=O)c1cccc(F)c1. The molecule has 3 heterocycles. The number of nitrogens with zero attached hydrogens (tertiary/aromatic N) is 2. The number of nitrogens with one attached hydrogen (secondary N) is 1. The Morgan fingerprint density at radius 1 is 1.00 bits per heavy atom. The lowest BCUT2D eigenvalue weighted by atomic mass is 9.96. The van der Waals surface area contributed by atoms with Crippen molar-refractivity contribution in [3.63, 3.8) is 0 Å². The van der Waals surface area contributed by atoms with Crippen molar-refractivity contribution in [3.05, 3.63) is 94.7 Å². The molecular weight excluding hydrogens is 501 g/mol. The van der Waals surface area contributed by atoms with Gasteiger partial charge in [-0.25, -0.2) is 4.39 Å². The summed E-state index contributed by atoms with van der Waals surface area (Å²) in [5.41, 5.74) is -0.476. The number of piperidine rings is 1. The summed E-state index contributed by atoms with van der Waals surface area (Å²) in [6.45, 7) is 0.765. The fraction of sp³-hybridized carbons (Fsp3) is 0.296. The minimum atomic E-state index is -1.10. The third kappa shape index (κ3) is 5.10.